The molecule has 2 bridgehead atoms. The molecule has 2 amide bonds. The molecule has 6 nitrogen and oxygen atoms in total. The predicted molar refractivity (Wildman–Crippen MR) is 98.3 cm³/mol. The summed E-state index contributed by atoms with van der Waals surface area (Å²) in [5.74, 6) is 1.16. The lowest BCUT2D eigenvalue weighted by Crippen LogP contribution is -2.49. The topological polar surface area (TPSA) is 63.7 Å². The molecule has 142 valence electrons. The lowest BCUT2D eigenvalue weighted by molar-refractivity contribution is -0.00365. The number of hydrogen-bond donors (Lipinski definition) is 1. The molecule has 1 aromatic heterocycles. The van der Waals surface area contributed by atoms with E-state index in [0.717, 1.165) is 12.8 Å². The third kappa shape index (κ3) is 3.73. The molecule has 1 N–H and O–H groups in total. The smallest absolute Gasteiger partial charge is 0.322 e. The third-order valence-electron chi connectivity index (χ3n) is 5.35. The number of carbonyl (C=O) groups excluding carboxylic acids is 1. The van der Waals surface area contributed by atoms with Crippen molar-refractivity contribution in [2.24, 2.45) is 11.8 Å². The number of benzene rings is 1. The van der Waals surface area contributed by atoms with Crippen molar-refractivity contribution < 1.29 is 18.7 Å². The summed E-state index contributed by atoms with van der Waals surface area (Å²) in [4.78, 5) is 18.8. The van der Waals surface area contributed by atoms with Crippen LogP contribution in [0.3, 0.4) is 0 Å². The summed E-state index contributed by atoms with van der Waals surface area (Å²) in [5, 5.41) is 2.90. The van der Waals surface area contributed by atoms with Gasteiger partial charge in [0.2, 0.25) is 5.88 Å². The van der Waals surface area contributed by atoms with Crippen molar-refractivity contribution in [2.45, 2.75) is 18.9 Å². The van der Waals surface area contributed by atoms with E-state index in [4.69, 9.17) is 9.47 Å². The van der Waals surface area contributed by atoms with Crippen LogP contribution in [0, 0.1) is 17.7 Å². The van der Waals surface area contributed by atoms with Gasteiger partial charge < -0.3 is 19.7 Å². The molecule has 7 heteroatoms. The van der Waals surface area contributed by atoms with Gasteiger partial charge in [0.05, 0.1) is 6.10 Å². The molecule has 0 spiro atoms. The molecule has 1 saturated heterocycles. The van der Waals surface area contributed by atoms with E-state index in [2.05, 4.69) is 10.3 Å². The summed E-state index contributed by atoms with van der Waals surface area (Å²) in [7, 11) is 1.75. The monoisotopic (exact) mass is 371 g/mol. The average Bonchev–Trinajstić information content (AvgIpc) is 2.92. The number of hydrogen-bond acceptors (Lipinski definition) is 4. The number of piperidine rings is 1. The molecule has 1 aromatic carbocycles. The van der Waals surface area contributed by atoms with Gasteiger partial charge in [-0.3, -0.25) is 0 Å². The van der Waals surface area contributed by atoms with E-state index >= 15 is 0 Å². The second kappa shape index (κ2) is 7.52. The number of urea groups is 1. The van der Waals surface area contributed by atoms with E-state index < -0.39 is 0 Å². The Kier molecular flexibility index (Phi) is 4.94. The van der Waals surface area contributed by atoms with Gasteiger partial charge in [0.15, 0.2) is 0 Å². The molecule has 1 saturated carbocycles. The highest BCUT2D eigenvalue weighted by Crippen LogP contribution is 2.39. The molecule has 4 rings (SSSR count). The van der Waals surface area contributed by atoms with E-state index in [9.17, 15) is 9.18 Å². The molecule has 1 aliphatic carbocycles. The van der Waals surface area contributed by atoms with Gasteiger partial charge in [-0.1, -0.05) is 0 Å². The first-order valence-corrected chi connectivity index (χ1v) is 9.11. The Morgan fingerprint density at radius 3 is 2.56 bits per heavy atom. The predicted octanol–water partition coefficient (Wildman–Crippen LogP) is 3.90. The maximum Gasteiger partial charge on any atom is 0.322 e. The van der Waals surface area contributed by atoms with E-state index in [-0.39, 0.29) is 23.8 Å². The van der Waals surface area contributed by atoms with Crippen LogP contribution < -0.4 is 10.1 Å². The second-order valence-electron chi connectivity index (χ2n) is 7.05. The molecule has 2 fully saturated rings. The number of ether oxygens (including phenoxy) is 2. The Labute approximate surface area is 157 Å². The molecular weight excluding hydrogens is 349 g/mol. The zero-order chi connectivity index (χ0) is 18.8. The third-order valence-corrected chi connectivity index (χ3v) is 5.35. The van der Waals surface area contributed by atoms with Crippen LogP contribution in [0.4, 0.5) is 14.9 Å². The van der Waals surface area contributed by atoms with Gasteiger partial charge in [0, 0.05) is 38.2 Å². The number of rotatable bonds is 4. The molecule has 27 heavy (non-hydrogen) atoms. The Balaban J connectivity index is 1.45. The number of likely N-dealkylation sites (tertiary alicyclic amines) is 1. The minimum Gasteiger partial charge on any atom is -0.437 e. The maximum absolute atomic E-state index is 13.1. The fourth-order valence-electron chi connectivity index (χ4n) is 4.10. The first-order chi connectivity index (χ1) is 13.1. The van der Waals surface area contributed by atoms with Crippen LogP contribution in [0.1, 0.15) is 12.8 Å². The van der Waals surface area contributed by atoms with E-state index in [1.54, 1.807) is 25.4 Å². The molecule has 2 unspecified atom stereocenters. The first-order valence-electron chi connectivity index (χ1n) is 9.11. The molecule has 0 radical (unpaired) electrons. The van der Waals surface area contributed by atoms with Gasteiger partial charge >= 0.3 is 6.03 Å². The Hall–Kier alpha value is -2.67. The highest BCUT2D eigenvalue weighted by atomic mass is 19.1. The molecule has 2 aliphatic rings. The Morgan fingerprint density at radius 2 is 1.89 bits per heavy atom. The van der Waals surface area contributed by atoms with Crippen LogP contribution in [0.2, 0.25) is 0 Å². The fourth-order valence-corrected chi connectivity index (χ4v) is 4.10. The number of aromatic nitrogens is 1. The van der Waals surface area contributed by atoms with Crippen LogP contribution in [-0.2, 0) is 4.74 Å². The molecular formula is C20H22FN3O3. The van der Waals surface area contributed by atoms with Crippen LogP contribution in [0.15, 0.2) is 42.6 Å². The SMILES string of the molecule is COC1C2CCC1CN(C(=O)Nc1cccnc1Oc1ccc(F)cc1)C2. The van der Waals surface area contributed by atoms with Gasteiger partial charge in [0.25, 0.3) is 0 Å². The summed E-state index contributed by atoms with van der Waals surface area (Å²) in [6.45, 7) is 1.38. The Bertz CT molecular complexity index is 800. The average molecular weight is 371 g/mol. The summed E-state index contributed by atoms with van der Waals surface area (Å²) in [6, 6.07) is 8.96. The quantitative estimate of drug-likeness (QED) is 0.885. The van der Waals surface area contributed by atoms with Gasteiger partial charge in [-0.15, -0.1) is 0 Å². The number of methoxy groups -OCH3 is 1. The van der Waals surface area contributed by atoms with Gasteiger partial charge in [-0.2, -0.15) is 0 Å². The number of halogens is 1. The number of nitrogens with one attached hydrogen (secondary N) is 1. The van der Waals surface area contributed by atoms with Crippen molar-refractivity contribution >= 4 is 11.7 Å². The zero-order valence-corrected chi connectivity index (χ0v) is 15.1. The number of anilines is 1. The maximum atomic E-state index is 13.1. The van der Waals surface area contributed by atoms with E-state index in [1.165, 1.54) is 24.3 Å². The number of fused-ring (bicyclic) bond motifs is 2. The number of pyridine rings is 1. The van der Waals surface area contributed by atoms with Crippen LogP contribution in [-0.4, -0.2) is 42.2 Å². The molecule has 2 atom stereocenters. The van der Waals surface area contributed by atoms with Crippen LogP contribution in [0.25, 0.3) is 0 Å². The van der Waals surface area contributed by atoms with Crippen molar-refractivity contribution in [3.8, 4) is 11.6 Å². The van der Waals surface area contributed by atoms with Crippen molar-refractivity contribution in [3.63, 3.8) is 0 Å². The molecule has 2 aromatic rings. The highest BCUT2D eigenvalue weighted by Gasteiger charge is 2.43. The van der Waals surface area contributed by atoms with Crippen molar-refractivity contribution in [3.05, 3.63) is 48.4 Å². The van der Waals surface area contributed by atoms with Gasteiger partial charge in [0.1, 0.15) is 17.3 Å². The van der Waals surface area contributed by atoms with Gasteiger partial charge in [-0.25, -0.2) is 14.2 Å². The normalized spacial score (nSPS) is 23.9. The highest BCUT2D eigenvalue weighted by molar-refractivity contribution is 5.90. The minimum absolute atomic E-state index is 0.168. The van der Waals surface area contributed by atoms with Crippen molar-refractivity contribution in [1.82, 2.24) is 9.88 Å². The van der Waals surface area contributed by atoms with E-state index in [1.807, 2.05) is 4.90 Å². The lowest BCUT2D eigenvalue weighted by Gasteiger charge is -2.37. The largest absolute Gasteiger partial charge is 0.437 e. The summed E-state index contributed by atoms with van der Waals surface area (Å²) in [6.07, 6.45) is 4.03. The number of nitrogens with zero attached hydrogens (tertiary/aromatic N) is 2. The van der Waals surface area contributed by atoms with Crippen molar-refractivity contribution in [1.29, 1.82) is 0 Å². The van der Waals surface area contributed by atoms with E-state index in [0.29, 0.717) is 36.4 Å². The summed E-state index contributed by atoms with van der Waals surface area (Å²) >= 11 is 0. The summed E-state index contributed by atoms with van der Waals surface area (Å²) < 4.78 is 24.4. The molecule has 1 aliphatic heterocycles. The number of amides is 2. The first kappa shape index (κ1) is 17.7. The van der Waals surface area contributed by atoms with Crippen LogP contribution >= 0.6 is 0 Å². The number of carbonyl (C=O) groups is 1. The van der Waals surface area contributed by atoms with Crippen molar-refractivity contribution in [2.75, 3.05) is 25.5 Å². The second-order valence-corrected chi connectivity index (χ2v) is 7.05. The summed E-state index contributed by atoms with van der Waals surface area (Å²) in [5.41, 5.74) is 0.480. The van der Waals surface area contributed by atoms with Crippen LogP contribution in [0.5, 0.6) is 11.6 Å². The minimum atomic E-state index is -0.342. The fraction of sp³-hybridized carbons (Fsp3) is 0.400. The standard InChI is InChI=1S/C20H22FN3O3/c1-26-18-13-4-5-14(18)12-24(11-13)20(25)23-17-3-2-10-22-19(17)27-16-8-6-15(21)7-9-16/h2-3,6-10,13-14,18H,4-5,11-12H2,1H3,(H,23,25). The van der Waals surface area contributed by atoms with Gasteiger partial charge in [-0.05, 0) is 49.2 Å². The molecule has 2 heterocycles. The Morgan fingerprint density at radius 1 is 1.19 bits per heavy atom. The zero-order valence-electron chi connectivity index (χ0n) is 15.1. The lowest BCUT2D eigenvalue weighted by atomic mass is 9.95.